The molecular formula is C27H37N3O3. The summed E-state index contributed by atoms with van der Waals surface area (Å²) in [4.78, 5) is 10.5. The van der Waals surface area contributed by atoms with Crippen LogP contribution in [0.3, 0.4) is 0 Å². The maximum atomic E-state index is 10.9. The van der Waals surface area contributed by atoms with Crippen molar-refractivity contribution < 1.29 is 10.0 Å². The predicted octanol–water partition coefficient (Wildman–Crippen LogP) is 6.32. The van der Waals surface area contributed by atoms with Crippen LogP contribution >= 0.6 is 0 Å². The second-order valence-corrected chi connectivity index (χ2v) is 11.5. The number of benzene rings is 1. The lowest BCUT2D eigenvalue weighted by atomic mass is 9.47. The van der Waals surface area contributed by atoms with Crippen molar-refractivity contribution in [1.29, 1.82) is 0 Å². The molecule has 0 bridgehead atoms. The average molecular weight is 452 g/mol. The largest absolute Gasteiger partial charge is 0.393 e. The number of rotatable bonds is 4. The number of non-ortho nitro benzene ring substituents is 1. The Balaban J connectivity index is 1.32. The van der Waals surface area contributed by atoms with Crippen molar-refractivity contribution in [3.05, 3.63) is 46.0 Å². The number of hydrazone groups is 1. The molecule has 178 valence electrons. The van der Waals surface area contributed by atoms with E-state index in [1.54, 1.807) is 12.1 Å². The maximum Gasteiger partial charge on any atom is 0.269 e. The smallest absolute Gasteiger partial charge is 0.269 e. The molecule has 33 heavy (non-hydrogen) atoms. The van der Waals surface area contributed by atoms with E-state index in [-0.39, 0.29) is 27.5 Å². The minimum Gasteiger partial charge on any atom is -0.393 e. The number of nitro benzene ring substituents is 1. The van der Waals surface area contributed by atoms with Gasteiger partial charge in [0.1, 0.15) is 0 Å². The monoisotopic (exact) mass is 451 g/mol. The molecule has 7 atom stereocenters. The van der Waals surface area contributed by atoms with Crippen LogP contribution in [0.2, 0.25) is 0 Å². The molecule has 0 aliphatic heterocycles. The van der Waals surface area contributed by atoms with Crippen LogP contribution < -0.4 is 5.43 Å². The molecule has 6 heteroatoms. The van der Waals surface area contributed by atoms with E-state index in [0.29, 0.717) is 5.92 Å². The highest BCUT2D eigenvalue weighted by Gasteiger charge is 2.58. The van der Waals surface area contributed by atoms with Crippen LogP contribution in [0.4, 0.5) is 11.4 Å². The fourth-order valence-corrected chi connectivity index (χ4v) is 8.22. The van der Waals surface area contributed by atoms with Gasteiger partial charge in [-0.2, -0.15) is 5.10 Å². The van der Waals surface area contributed by atoms with Gasteiger partial charge in [0.25, 0.3) is 5.69 Å². The van der Waals surface area contributed by atoms with Gasteiger partial charge in [-0.15, -0.1) is 0 Å². The number of fused-ring (bicyclic) bond motifs is 5. The van der Waals surface area contributed by atoms with E-state index in [9.17, 15) is 15.2 Å². The van der Waals surface area contributed by atoms with Crippen LogP contribution in [0.5, 0.6) is 0 Å². The van der Waals surface area contributed by atoms with E-state index in [1.165, 1.54) is 49.8 Å². The Morgan fingerprint density at radius 2 is 1.88 bits per heavy atom. The molecule has 1 aromatic carbocycles. The van der Waals surface area contributed by atoms with E-state index in [1.807, 2.05) is 0 Å². The number of nitrogens with zero attached hydrogens (tertiary/aromatic N) is 2. The molecule has 4 aliphatic rings. The molecule has 7 unspecified atom stereocenters. The van der Waals surface area contributed by atoms with Gasteiger partial charge in [0.2, 0.25) is 0 Å². The first-order chi connectivity index (χ1) is 15.7. The average Bonchev–Trinajstić information content (AvgIpc) is 3.15. The van der Waals surface area contributed by atoms with Crippen molar-refractivity contribution in [2.75, 3.05) is 5.43 Å². The summed E-state index contributed by atoms with van der Waals surface area (Å²) in [7, 11) is 0. The fourth-order valence-electron chi connectivity index (χ4n) is 8.22. The number of nitrogens with one attached hydrogen (secondary N) is 1. The molecule has 3 saturated carbocycles. The van der Waals surface area contributed by atoms with Gasteiger partial charge in [-0.05, 0) is 99.0 Å². The number of allylic oxidation sites excluding steroid dienone is 1. The van der Waals surface area contributed by atoms with Crippen LogP contribution in [-0.2, 0) is 0 Å². The zero-order chi connectivity index (χ0) is 23.4. The van der Waals surface area contributed by atoms with Gasteiger partial charge in [-0.1, -0.05) is 25.5 Å². The van der Waals surface area contributed by atoms with E-state index >= 15 is 0 Å². The van der Waals surface area contributed by atoms with Crippen molar-refractivity contribution in [3.63, 3.8) is 0 Å². The summed E-state index contributed by atoms with van der Waals surface area (Å²) in [5.41, 5.74) is 7.25. The molecule has 1 aromatic rings. The number of aliphatic hydroxyl groups excluding tert-OH is 1. The van der Waals surface area contributed by atoms with Crippen LogP contribution in [0.25, 0.3) is 0 Å². The summed E-state index contributed by atoms with van der Waals surface area (Å²) in [5, 5.41) is 25.8. The molecule has 3 fully saturated rings. The first-order valence-corrected chi connectivity index (χ1v) is 12.6. The third-order valence-electron chi connectivity index (χ3n) is 10.0. The Morgan fingerprint density at radius 3 is 2.61 bits per heavy atom. The molecular weight excluding hydrogens is 414 g/mol. The lowest BCUT2D eigenvalue weighted by molar-refractivity contribution is -0.384. The van der Waals surface area contributed by atoms with Crippen LogP contribution in [-0.4, -0.2) is 21.8 Å². The lowest BCUT2D eigenvalue weighted by Gasteiger charge is -2.58. The first kappa shape index (κ1) is 22.6. The Kier molecular flexibility index (Phi) is 5.63. The molecule has 0 amide bonds. The summed E-state index contributed by atoms with van der Waals surface area (Å²) >= 11 is 0. The van der Waals surface area contributed by atoms with Crippen molar-refractivity contribution in [3.8, 4) is 0 Å². The van der Waals surface area contributed by atoms with Gasteiger partial charge < -0.3 is 5.11 Å². The van der Waals surface area contributed by atoms with Crippen molar-refractivity contribution in [2.45, 2.75) is 78.2 Å². The number of hydrogen-bond acceptors (Lipinski definition) is 5. The second-order valence-electron chi connectivity index (χ2n) is 11.5. The molecule has 0 aromatic heterocycles. The summed E-state index contributed by atoms with van der Waals surface area (Å²) in [5.74, 6) is 2.69. The molecule has 0 saturated heterocycles. The molecule has 0 heterocycles. The van der Waals surface area contributed by atoms with Gasteiger partial charge in [0.15, 0.2) is 0 Å². The highest BCUT2D eigenvalue weighted by molar-refractivity contribution is 5.86. The Hall–Kier alpha value is -2.21. The minimum absolute atomic E-state index is 0.0926. The van der Waals surface area contributed by atoms with E-state index in [4.69, 9.17) is 5.10 Å². The summed E-state index contributed by atoms with van der Waals surface area (Å²) < 4.78 is 0. The summed E-state index contributed by atoms with van der Waals surface area (Å²) in [6, 6.07) is 6.45. The summed E-state index contributed by atoms with van der Waals surface area (Å²) in [6.07, 6.45) is 11.5. The molecule has 0 spiro atoms. The van der Waals surface area contributed by atoms with Crippen LogP contribution in [0.1, 0.15) is 72.1 Å². The Morgan fingerprint density at radius 1 is 1.12 bits per heavy atom. The highest BCUT2D eigenvalue weighted by atomic mass is 16.6. The number of aliphatic hydroxyl groups is 1. The van der Waals surface area contributed by atoms with E-state index in [0.717, 1.165) is 48.4 Å². The standard InChI is InChI=1S/C27H37N3O3/c1-17(28-29-19-5-7-20(8-6-19)30(32)33)23-10-11-24-22-9-4-18-16-21(31)12-14-26(18,2)25(22)13-15-27(23,24)3/h4-8,21-25,29,31H,9-16H2,1-3H3/b28-17+. The van der Waals surface area contributed by atoms with Crippen molar-refractivity contribution >= 4 is 17.1 Å². The second kappa shape index (κ2) is 8.23. The molecule has 0 radical (unpaired) electrons. The van der Waals surface area contributed by atoms with E-state index < -0.39 is 0 Å². The Bertz CT molecular complexity index is 987. The predicted molar refractivity (Wildman–Crippen MR) is 131 cm³/mol. The Labute approximate surface area is 196 Å². The van der Waals surface area contributed by atoms with Crippen molar-refractivity contribution in [2.24, 2.45) is 39.6 Å². The third-order valence-corrected chi connectivity index (χ3v) is 10.0. The maximum absolute atomic E-state index is 10.9. The zero-order valence-electron chi connectivity index (χ0n) is 20.1. The summed E-state index contributed by atoms with van der Waals surface area (Å²) in [6.45, 7) is 7.13. The van der Waals surface area contributed by atoms with Gasteiger partial charge in [0, 0.05) is 23.8 Å². The van der Waals surface area contributed by atoms with Gasteiger partial charge in [0.05, 0.1) is 16.7 Å². The number of anilines is 1. The highest BCUT2D eigenvalue weighted by Crippen LogP contribution is 2.66. The van der Waals surface area contributed by atoms with Crippen LogP contribution in [0.15, 0.2) is 41.0 Å². The minimum atomic E-state index is -0.382. The molecule has 2 N–H and O–H groups in total. The lowest BCUT2D eigenvalue weighted by Crippen LogP contribution is -2.50. The van der Waals surface area contributed by atoms with Gasteiger partial charge in [-0.25, -0.2) is 0 Å². The molecule has 6 nitrogen and oxygen atoms in total. The molecule has 4 aliphatic carbocycles. The fraction of sp³-hybridized carbons (Fsp3) is 0.667. The third kappa shape index (κ3) is 3.71. The quantitative estimate of drug-likeness (QED) is 0.243. The first-order valence-electron chi connectivity index (χ1n) is 12.6. The van der Waals surface area contributed by atoms with Crippen molar-refractivity contribution in [1.82, 2.24) is 0 Å². The van der Waals surface area contributed by atoms with E-state index in [2.05, 4.69) is 32.3 Å². The number of nitro groups is 1. The van der Waals surface area contributed by atoms with Gasteiger partial charge in [-0.3, -0.25) is 15.5 Å². The van der Waals surface area contributed by atoms with Gasteiger partial charge >= 0.3 is 0 Å². The SMILES string of the molecule is C/C(=N\Nc1ccc([N+](=O)[O-])cc1)C1CCC2C3CC=C4CC(O)CCC4(C)C3CCC12C. The normalized spacial score (nSPS) is 40.3. The topological polar surface area (TPSA) is 87.8 Å². The van der Waals surface area contributed by atoms with Crippen LogP contribution in [0, 0.1) is 44.6 Å². The number of hydrogen-bond donors (Lipinski definition) is 2. The molecule has 5 rings (SSSR count). The zero-order valence-corrected chi connectivity index (χ0v) is 20.1.